The molecule has 0 N–H and O–H groups in total. The lowest BCUT2D eigenvalue weighted by molar-refractivity contribution is 0.272. The van der Waals surface area contributed by atoms with Gasteiger partial charge in [0.2, 0.25) is 0 Å². The fourth-order valence-electron chi connectivity index (χ4n) is 1.73. The fraction of sp³-hybridized carbons (Fsp3) is 0.462. The number of halogens is 1. The van der Waals surface area contributed by atoms with E-state index in [9.17, 15) is 0 Å². The Hall–Kier alpha value is -0.580. The molecule has 2 nitrogen and oxygen atoms in total. The number of hydrogen-bond acceptors (Lipinski definition) is 2. The van der Waals surface area contributed by atoms with Crippen LogP contribution in [0.15, 0.2) is 29.3 Å². The predicted molar refractivity (Wildman–Crippen MR) is 75.0 cm³/mol. The maximum atomic E-state index is 5.66. The number of nitrogens with zero attached hydrogens (tertiary/aromatic N) is 1. The van der Waals surface area contributed by atoms with Crippen LogP contribution in [0.25, 0.3) is 0 Å². The van der Waals surface area contributed by atoms with E-state index in [1.807, 2.05) is 0 Å². The van der Waals surface area contributed by atoms with Crippen LogP contribution in [0.5, 0.6) is 0 Å². The number of aliphatic imine (C=N–C) groups is 1. The van der Waals surface area contributed by atoms with E-state index in [0.29, 0.717) is 6.61 Å². The molecule has 0 bridgehead atoms. The largest absolute Gasteiger partial charge is 0.478 e. The van der Waals surface area contributed by atoms with E-state index < -0.39 is 0 Å². The summed E-state index contributed by atoms with van der Waals surface area (Å²) in [6.45, 7) is 7.03. The summed E-state index contributed by atoms with van der Waals surface area (Å²) in [5.74, 6) is 1.12. The van der Waals surface area contributed by atoms with Crippen LogP contribution in [0.1, 0.15) is 32.3 Å². The molecular weight excluding hydrogens is 313 g/mol. The highest BCUT2D eigenvalue weighted by Crippen LogP contribution is 2.26. The molecule has 1 atom stereocenters. The van der Waals surface area contributed by atoms with Gasteiger partial charge in [-0.3, -0.25) is 0 Å². The maximum Gasteiger partial charge on any atom is 0.191 e. The number of hydrogen-bond donors (Lipinski definition) is 0. The van der Waals surface area contributed by atoms with Crippen LogP contribution >= 0.6 is 22.6 Å². The minimum Gasteiger partial charge on any atom is -0.478 e. The zero-order valence-corrected chi connectivity index (χ0v) is 12.0. The van der Waals surface area contributed by atoms with Gasteiger partial charge in [0.25, 0.3) is 0 Å². The summed E-state index contributed by atoms with van der Waals surface area (Å²) >= 11 is 2.31. The average Bonchev–Trinajstić information content (AvgIpc) is 2.59. The zero-order chi connectivity index (χ0) is 11.8. The zero-order valence-electron chi connectivity index (χ0n) is 9.83. The van der Waals surface area contributed by atoms with Gasteiger partial charge >= 0.3 is 0 Å². The highest BCUT2D eigenvalue weighted by Gasteiger charge is 2.29. The third-order valence-corrected chi connectivity index (χ3v) is 3.45. The van der Waals surface area contributed by atoms with E-state index in [2.05, 4.69) is 72.6 Å². The molecule has 1 heterocycles. The summed E-state index contributed by atoms with van der Waals surface area (Å²) in [7, 11) is 0. The molecule has 0 aliphatic carbocycles. The molecule has 1 unspecified atom stereocenters. The quantitative estimate of drug-likeness (QED) is 0.760. The first-order valence-electron chi connectivity index (χ1n) is 5.46. The summed E-state index contributed by atoms with van der Waals surface area (Å²) in [6.07, 6.45) is 0. The molecular formula is C13H16INO. The van der Waals surface area contributed by atoms with Gasteiger partial charge in [0.1, 0.15) is 6.61 Å². The molecule has 1 aromatic carbocycles. The van der Waals surface area contributed by atoms with Crippen molar-refractivity contribution in [2.45, 2.75) is 32.2 Å². The Morgan fingerprint density at radius 2 is 1.94 bits per heavy atom. The van der Waals surface area contributed by atoms with Crippen molar-refractivity contribution in [2.75, 3.05) is 6.61 Å². The highest BCUT2D eigenvalue weighted by atomic mass is 127. The first-order chi connectivity index (χ1) is 7.48. The van der Waals surface area contributed by atoms with Gasteiger partial charge in [-0.1, -0.05) is 12.1 Å². The Bertz CT molecular complexity index is 408. The van der Waals surface area contributed by atoms with Crippen LogP contribution < -0.4 is 0 Å². The minimum absolute atomic E-state index is 0.0627. The van der Waals surface area contributed by atoms with Crippen molar-refractivity contribution in [1.29, 1.82) is 0 Å². The van der Waals surface area contributed by atoms with Crippen molar-refractivity contribution in [1.82, 2.24) is 0 Å². The third kappa shape index (κ3) is 2.56. The van der Waals surface area contributed by atoms with E-state index in [1.165, 1.54) is 9.13 Å². The van der Waals surface area contributed by atoms with Gasteiger partial charge in [0, 0.05) is 3.57 Å². The van der Waals surface area contributed by atoms with Gasteiger partial charge < -0.3 is 4.74 Å². The molecule has 86 valence electrons. The Balaban J connectivity index is 2.20. The van der Waals surface area contributed by atoms with Crippen LogP contribution in [-0.2, 0) is 4.74 Å². The summed E-state index contributed by atoms with van der Waals surface area (Å²) in [5.41, 5.74) is 1.20. The van der Waals surface area contributed by atoms with Crippen molar-refractivity contribution < 1.29 is 4.74 Å². The number of ether oxygens (including phenoxy) is 1. The van der Waals surface area contributed by atoms with Crippen LogP contribution in [0.2, 0.25) is 0 Å². The van der Waals surface area contributed by atoms with Crippen LogP contribution in [0.3, 0.4) is 0 Å². The Morgan fingerprint density at radius 3 is 2.44 bits per heavy atom. The molecule has 1 aliphatic rings. The first kappa shape index (κ1) is 11.9. The van der Waals surface area contributed by atoms with Gasteiger partial charge in [-0.2, -0.15) is 0 Å². The topological polar surface area (TPSA) is 21.6 Å². The Kier molecular flexibility index (Phi) is 3.24. The second kappa shape index (κ2) is 4.35. The van der Waals surface area contributed by atoms with E-state index in [-0.39, 0.29) is 11.5 Å². The molecule has 16 heavy (non-hydrogen) atoms. The lowest BCUT2D eigenvalue weighted by Crippen LogP contribution is -2.17. The Morgan fingerprint density at radius 1 is 1.31 bits per heavy atom. The SMILES string of the molecule is CC(C1=NC(C)(C)CO1)c1ccc(I)cc1. The van der Waals surface area contributed by atoms with Crippen LogP contribution in [-0.4, -0.2) is 18.0 Å². The number of rotatable bonds is 2. The lowest BCUT2D eigenvalue weighted by atomic mass is 10.0. The monoisotopic (exact) mass is 329 g/mol. The van der Waals surface area contributed by atoms with Gasteiger partial charge in [0.05, 0.1) is 11.5 Å². The van der Waals surface area contributed by atoms with Crippen molar-refractivity contribution in [3.8, 4) is 0 Å². The van der Waals surface area contributed by atoms with Crippen LogP contribution in [0.4, 0.5) is 0 Å². The summed E-state index contributed by atoms with van der Waals surface area (Å²) in [6, 6.07) is 8.52. The fourth-order valence-corrected chi connectivity index (χ4v) is 2.09. The molecule has 0 fully saturated rings. The highest BCUT2D eigenvalue weighted by molar-refractivity contribution is 14.1. The molecule has 0 radical (unpaired) electrons. The van der Waals surface area contributed by atoms with Crippen molar-refractivity contribution in [3.63, 3.8) is 0 Å². The molecule has 0 saturated carbocycles. The van der Waals surface area contributed by atoms with Gasteiger partial charge in [-0.25, -0.2) is 4.99 Å². The lowest BCUT2D eigenvalue weighted by Gasteiger charge is -2.11. The van der Waals surface area contributed by atoms with E-state index >= 15 is 0 Å². The molecule has 0 spiro atoms. The van der Waals surface area contributed by atoms with Crippen molar-refractivity contribution in [2.24, 2.45) is 4.99 Å². The minimum atomic E-state index is -0.0627. The van der Waals surface area contributed by atoms with Crippen LogP contribution in [0, 0.1) is 3.57 Å². The average molecular weight is 329 g/mol. The van der Waals surface area contributed by atoms with Gasteiger partial charge in [-0.15, -0.1) is 0 Å². The summed E-state index contributed by atoms with van der Waals surface area (Å²) < 4.78 is 6.92. The van der Waals surface area contributed by atoms with Crippen molar-refractivity contribution >= 4 is 28.5 Å². The summed E-state index contributed by atoms with van der Waals surface area (Å²) in [4.78, 5) is 4.61. The predicted octanol–water partition coefficient (Wildman–Crippen LogP) is 3.60. The molecule has 1 aromatic rings. The molecule has 3 heteroatoms. The second-order valence-electron chi connectivity index (χ2n) is 4.82. The van der Waals surface area contributed by atoms with E-state index in [1.54, 1.807) is 0 Å². The number of benzene rings is 1. The standard InChI is InChI=1S/C13H16INO/c1-9(10-4-6-11(14)7-5-10)12-15-13(2,3)8-16-12/h4-7,9H,8H2,1-3H3. The molecule has 0 amide bonds. The normalized spacial score (nSPS) is 20.1. The summed E-state index contributed by atoms with van der Waals surface area (Å²) in [5, 5.41) is 0. The second-order valence-corrected chi connectivity index (χ2v) is 6.07. The maximum absolute atomic E-state index is 5.66. The third-order valence-electron chi connectivity index (χ3n) is 2.73. The van der Waals surface area contributed by atoms with Gasteiger partial charge in [-0.05, 0) is 61.1 Å². The smallest absolute Gasteiger partial charge is 0.191 e. The van der Waals surface area contributed by atoms with E-state index in [4.69, 9.17) is 4.74 Å². The molecule has 0 aromatic heterocycles. The van der Waals surface area contributed by atoms with Gasteiger partial charge in [0.15, 0.2) is 5.90 Å². The Labute approximate surface area is 110 Å². The molecule has 0 saturated heterocycles. The van der Waals surface area contributed by atoms with Crippen molar-refractivity contribution in [3.05, 3.63) is 33.4 Å². The van der Waals surface area contributed by atoms with E-state index in [0.717, 1.165) is 5.90 Å². The molecule has 2 rings (SSSR count). The molecule has 1 aliphatic heterocycles. The first-order valence-corrected chi connectivity index (χ1v) is 6.54.